The van der Waals surface area contributed by atoms with Gasteiger partial charge in [-0.05, 0) is 36.6 Å². The van der Waals surface area contributed by atoms with Crippen molar-refractivity contribution in [1.82, 2.24) is 24.9 Å². The molecule has 0 atom stereocenters. The summed E-state index contributed by atoms with van der Waals surface area (Å²) in [5.74, 6) is -0.429. The highest BCUT2D eigenvalue weighted by Crippen LogP contribution is 2.33. The molecule has 1 N–H and O–H groups in total. The molecule has 4 rings (SSSR count). The number of benzene rings is 1. The van der Waals surface area contributed by atoms with Crippen LogP contribution in [0.25, 0.3) is 0 Å². The number of halogens is 2. The number of urea groups is 1. The Morgan fingerprint density at radius 1 is 1.14 bits per heavy atom. The van der Waals surface area contributed by atoms with Crippen molar-refractivity contribution in [2.45, 2.75) is 45.9 Å². The molecule has 0 unspecified atom stereocenters. The van der Waals surface area contributed by atoms with Crippen molar-refractivity contribution in [3.63, 3.8) is 0 Å². The van der Waals surface area contributed by atoms with Crippen LogP contribution in [0.4, 0.5) is 25.0 Å². The number of aromatic nitrogens is 4. The minimum Gasteiger partial charge on any atom is -0.415 e. The SMILES string of the molecule is Cc1ccc(NC(=O)N(c2ccccc2C(C)C)C2CN(C(=O)Cn3nccn3)C2)c(OC(F)F)n1. The molecule has 0 aliphatic carbocycles. The van der Waals surface area contributed by atoms with Gasteiger partial charge in [0.25, 0.3) is 0 Å². The van der Waals surface area contributed by atoms with E-state index in [0.717, 1.165) is 5.56 Å². The van der Waals surface area contributed by atoms with Crippen LogP contribution in [-0.4, -0.2) is 62.6 Å². The van der Waals surface area contributed by atoms with Gasteiger partial charge in [-0.2, -0.15) is 23.8 Å². The molecule has 10 nitrogen and oxygen atoms in total. The molecule has 0 bridgehead atoms. The van der Waals surface area contributed by atoms with Gasteiger partial charge in [0.1, 0.15) is 12.2 Å². The van der Waals surface area contributed by atoms with E-state index in [2.05, 4.69) is 25.2 Å². The third-order valence-corrected chi connectivity index (χ3v) is 5.80. The van der Waals surface area contributed by atoms with Crippen molar-refractivity contribution in [2.24, 2.45) is 0 Å². The van der Waals surface area contributed by atoms with Gasteiger partial charge in [0.2, 0.25) is 11.8 Å². The molecule has 1 saturated heterocycles. The van der Waals surface area contributed by atoms with Crippen LogP contribution < -0.4 is 15.0 Å². The molecule has 0 saturated carbocycles. The fourth-order valence-electron chi connectivity index (χ4n) is 4.01. The maximum absolute atomic E-state index is 13.6. The number of pyridine rings is 1. The van der Waals surface area contributed by atoms with Crippen LogP contribution in [-0.2, 0) is 11.3 Å². The Morgan fingerprint density at radius 3 is 2.50 bits per heavy atom. The molecule has 190 valence electrons. The topological polar surface area (TPSA) is 105 Å². The van der Waals surface area contributed by atoms with Crippen molar-refractivity contribution < 1.29 is 23.1 Å². The number of aryl methyl sites for hydroxylation is 1. The summed E-state index contributed by atoms with van der Waals surface area (Å²) in [4.78, 5) is 34.7. The van der Waals surface area contributed by atoms with Crippen molar-refractivity contribution in [3.05, 3.63) is 60.0 Å². The van der Waals surface area contributed by atoms with E-state index in [9.17, 15) is 18.4 Å². The number of likely N-dealkylation sites (tertiary alicyclic amines) is 1. The van der Waals surface area contributed by atoms with Crippen LogP contribution in [0.5, 0.6) is 5.88 Å². The van der Waals surface area contributed by atoms with E-state index in [-0.39, 0.29) is 36.0 Å². The Balaban J connectivity index is 1.58. The van der Waals surface area contributed by atoms with Crippen LogP contribution in [0.1, 0.15) is 31.0 Å². The summed E-state index contributed by atoms with van der Waals surface area (Å²) in [7, 11) is 0. The third-order valence-electron chi connectivity index (χ3n) is 5.80. The number of rotatable bonds is 8. The Morgan fingerprint density at radius 2 is 1.83 bits per heavy atom. The first-order valence-electron chi connectivity index (χ1n) is 11.5. The number of alkyl halides is 2. The minimum atomic E-state index is -3.09. The number of para-hydroxylation sites is 1. The van der Waals surface area contributed by atoms with E-state index in [1.165, 1.54) is 23.3 Å². The lowest BCUT2D eigenvalue weighted by molar-refractivity contribution is -0.136. The summed E-state index contributed by atoms with van der Waals surface area (Å²) >= 11 is 0. The monoisotopic (exact) mass is 499 g/mol. The molecule has 12 heteroatoms. The number of carbonyl (C=O) groups is 2. The first kappa shape index (κ1) is 25.0. The van der Waals surface area contributed by atoms with Gasteiger partial charge in [-0.15, -0.1) is 0 Å². The minimum absolute atomic E-state index is 0.00212. The molecule has 0 spiro atoms. The summed E-state index contributed by atoms with van der Waals surface area (Å²) in [6, 6.07) is 9.66. The molecule has 2 aromatic heterocycles. The molecule has 1 fully saturated rings. The zero-order valence-electron chi connectivity index (χ0n) is 20.1. The zero-order valence-corrected chi connectivity index (χ0v) is 20.1. The number of carbonyl (C=O) groups excluding carboxylic acids is 2. The van der Waals surface area contributed by atoms with E-state index < -0.39 is 12.6 Å². The molecule has 0 radical (unpaired) electrons. The number of anilines is 2. The molecular weight excluding hydrogens is 472 g/mol. The number of amides is 3. The van der Waals surface area contributed by atoms with Gasteiger partial charge in [0.05, 0.1) is 18.4 Å². The van der Waals surface area contributed by atoms with Crippen LogP contribution in [0.15, 0.2) is 48.8 Å². The maximum atomic E-state index is 13.6. The second-order valence-electron chi connectivity index (χ2n) is 8.71. The van der Waals surface area contributed by atoms with Crippen LogP contribution in [0.2, 0.25) is 0 Å². The smallest absolute Gasteiger partial charge is 0.388 e. The maximum Gasteiger partial charge on any atom is 0.388 e. The van der Waals surface area contributed by atoms with E-state index >= 15 is 0 Å². The summed E-state index contributed by atoms with van der Waals surface area (Å²) < 4.78 is 30.4. The molecule has 3 amide bonds. The molecule has 1 aromatic carbocycles. The molecule has 1 aliphatic heterocycles. The summed E-state index contributed by atoms with van der Waals surface area (Å²) in [5, 5.41) is 10.6. The zero-order chi connectivity index (χ0) is 25.8. The van der Waals surface area contributed by atoms with E-state index in [4.69, 9.17) is 0 Å². The highest BCUT2D eigenvalue weighted by molar-refractivity contribution is 6.03. The first-order valence-corrected chi connectivity index (χ1v) is 11.5. The summed E-state index contributed by atoms with van der Waals surface area (Å²) in [5.41, 5.74) is 2.09. The van der Waals surface area contributed by atoms with Gasteiger partial charge in [0, 0.05) is 24.5 Å². The number of hydrogen-bond acceptors (Lipinski definition) is 6. The summed E-state index contributed by atoms with van der Waals surface area (Å²) in [6.07, 6.45) is 2.99. The first-order chi connectivity index (χ1) is 17.2. The van der Waals surface area contributed by atoms with Crippen LogP contribution in [0.3, 0.4) is 0 Å². The second-order valence-corrected chi connectivity index (χ2v) is 8.71. The predicted molar refractivity (Wildman–Crippen MR) is 128 cm³/mol. The van der Waals surface area contributed by atoms with Crippen molar-refractivity contribution in [3.8, 4) is 5.88 Å². The molecular formula is C24H27F2N7O3. The highest BCUT2D eigenvalue weighted by atomic mass is 19.3. The number of ether oxygens (including phenoxy) is 1. The largest absolute Gasteiger partial charge is 0.415 e. The predicted octanol–water partition coefficient (Wildman–Crippen LogP) is 3.66. The van der Waals surface area contributed by atoms with Gasteiger partial charge in [-0.3, -0.25) is 9.69 Å². The highest BCUT2D eigenvalue weighted by Gasteiger charge is 2.39. The Kier molecular flexibility index (Phi) is 7.41. The number of nitrogens with zero attached hydrogens (tertiary/aromatic N) is 6. The lowest BCUT2D eigenvalue weighted by Gasteiger charge is -2.45. The van der Waals surface area contributed by atoms with Crippen molar-refractivity contribution >= 4 is 23.3 Å². The standard InChI is InChI=1S/C24H27F2N7O3/c1-15(2)18-6-4-5-7-20(18)33(17-12-31(13-17)21(34)14-32-27-10-11-28-32)24(35)30-19-9-8-16(3)29-22(19)36-23(25)26/h4-11,15,17,23H,12-14H2,1-3H3,(H,30,35). The lowest BCUT2D eigenvalue weighted by Crippen LogP contribution is -2.64. The van der Waals surface area contributed by atoms with Gasteiger partial charge in [-0.1, -0.05) is 32.0 Å². The molecule has 3 aromatic rings. The Hall–Kier alpha value is -4.09. The van der Waals surface area contributed by atoms with Crippen LogP contribution >= 0.6 is 0 Å². The normalized spacial score (nSPS) is 13.6. The number of hydrogen-bond donors (Lipinski definition) is 1. The van der Waals surface area contributed by atoms with Crippen molar-refractivity contribution in [2.75, 3.05) is 23.3 Å². The second kappa shape index (κ2) is 10.7. The summed E-state index contributed by atoms with van der Waals surface area (Å²) in [6.45, 7) is 3.16. The van der Waals surface area contributed by atoms with Gasteiger partial charge >= 0.3 is 12.6 Å². The number of nitrogens with one attached hydrogen (secondary N) is 1. The van der Waals surface area contributed by atoms with E-state index in [1.807, 2.05) is 38.1 Å². The average molecular weight is 500 g/mol. The molecule has 3 heterocycles. The Bertz CT molecular complexity index is 1210. The molecule has 1 aliphatic rings. The van der Waals surface area contributed by atoms with E-state index in [0.29, 0.717) is 24.5 Å². The average Bonchev–Trinajstić information content (AvgIpc) is 3.30. The Labute approximate surface area is 206 Å². The fraction of sp³-hybridized carbons (Fsp3) is 0.375. The quantitative estimate of drug-likeness (QED) is 0.507. The van der Waals surface area contributed by atoms with Crippen molar-refractivity contribution in [1.29, 1.82) is 0 Å². The third kappa shape index (κ3) is 5.58. The van der Waals surface area contributed by atoms with Gasteiger partial charge < -0.3 is 15.0 Å². The van der Waals surface area contributed by atoms with E-state index in [1.54, 1.807) is 22.8 Å². The van der Waals surface area contributed by atoms with Crippen LogP contribution in [0, 0.1) is 6.92 Å². The molecule has 36 heavy (non-hydrogen) atoms. The fourth-order valence-corrected chi connectivity index (χ4v) is 4.01. The van der Waals surface area contributed by atoms with Gasteiger partial charge in [-0.25, -0.2) is 9.78 Å². The van der Waals surface area contributed by atoms with Gasteiger partial charge in [0.15, 0.2) is 0 Å². The lowest BCUT2D eigenvalue weighted by atomic mass is 9.98.